The van der Waals surface area contributed by atoms with Crippen molar-refractivity contribution in [1.29, 1.82) is 0 Å². The molecule has 1 aliphatic heterocycles. The lowest BCUT2D eigenvalue weighted by Crippen LogP contribution is -2.31. The van der Waals surface area contributed by atoms with Crippen molar-refractivity contribution < 1.29 is 33.0 Å². The molecule has 3 aromatic rings. The summed E-state index contributed by atoms with van der Waals surface area (Å²) in [4.78, 5) is 49.3. The van der Waals surface area contributed by atoms with Crippen LogP contribution in [0.25, 0.3) is 11.3 Å². The number of furan rings is 1. The fraction of sp³-hybridized carbons (Fsp3) is 0.250. The van der Waals surface area contributed by atoms with Gasteiger partial charge < -0.3 is 23.2 Å². The molecule has 3 heterocycles. The predicted molar refractivity (Wildman–Crippen MR) is 115 cm³/mol. The van der Waals surface area contributed by atoms with Crippen molar-refractivity contribution in [3.63, 3.8) is 0 Å². The van der Waals surface area contributed by atoms with Gasteiger partial charge in [-0.1, -0.05) is 0 Å². The molecule has 0 amide bonds. The number of pyridine rings is 1. The van der Waals surface area contributed by atoms with Crippen LogP contribution in [0.4, 0.5) is 0 Å². The molecule has 2 aromatic heterocycles. The van der Waals surface area contributed by atoms with Gasteiger partial charge in [0.25, 0.3) is 5.56 Å². The molecule has 0 saturated carbocycles. The summed E-state index contributed by atoms with van der Waals surface area (Å²) in [6, 6.07) is 9.35. The molecule has 0 spiro atoms. The molecule has 1 atom stereocenters. The SMILES string of the molecule is COC(=O)c1cc(C(=O)OC)cc(-c2ccc([C@@H]3CC(=O)Oc4cc(C)n(C)c(=O)c43)o2)c1. The first-order chi connectivity index (χ1) is 15.7. The minimum atomic E-state index is -0.641. The summed E-state index contributed by atoms with van der Waals surface area (Å²) in [5.74, 6) is -1.43. The van der Waals surface area contributed by atoms with Gasteiger partial charge in [-0.25, -0.2) is 9.59 Å². The van der Waals surface area contributed by atoms with E-state index in [9.17, 15) is 19.2 Å². The van der Waals surface area contributed by atoms with Gasteiger partial charge in [0.05, 0.1) is 43.2 Å². The van der Waals surface area contributed by atoms with Crippen molar-refractivity contribution in [3.8, 4) is 17.1 Å². The summed E-state index contributed by atoms with van der Waals surface area (Å²) in [7, 11) is 4.12. The summed E-state index contributed by atoms with van der Waals surface area (Å²) in [5.41, 5.74) is 1.43. The number of aromatic nitrogens is 1. The van der Waals surface area contributed by atoms with Gasteiger partial charge >= 0.3 is 17.9 Å². The zero-order valence-electron chi connectivity index (χ0n) is 18.5. The molecule has 0 bridgehead atoms. The second kappa shape index (κ2) is 8.42. The minimum absolute atomic E-state index is 0.0616. The third-order valence-corrected chi connectivity index (χ3v) is 5.64. The largest absolute Gasteiger partial charge is 0.465 e. The number of hydrogen-bond acceptors (Lipinski definition) is 8. The summed E-state index contributed by atoms with van der Waals surface area (Å²) in [6.45, 7) is 1.75. The number of carbonyl (C=O) groups is 3. The average molecular weight is 451 g/mol. The highest BCUT2D eigenvalue weighted by molar-refractivity contribution is 5.97. The molecular weight excluding hydrogens is 430 g/mol. The van der Waals surface area contributed by atoms with Gasteiger partial charge in [0.2, 0.25) is 0 Å². The molecule has 0 saturated heterocycles. The fourth-order valence-electron chi connectivity index (χ4n) is 3.83. The van der Waals surface area contributed by atoms with E-state index in [4.69, 9.17) is 18.6 Å². The van der Waals surface area contributed by atoms with Gasteiger partial charge in [-0.15, -0.1) is 0 Å². The van der Waals surface area contributed by atoms with Gasteiger partial charge in [0.15, 0.2) is 0 Å². The van der Waals surface area contributed by atoms with E-state index in [0.29, 0.717) is 28.3 Å². The van der Waals surface area contributed by atoms with E-state index in [0.717, 1.165) is 0 Å². The molecule has 4 rings (SSSR count). The maximum absolute atomic E-state index is 12.9. The number of nitrogens with zero attached hydrogens (tertiary/aromatic N) is 1. The third kappa shape index (κ3) is 3.93. The lowest BCUT2D eigenvalue weighted by atomic mass is 9.91. The fourth-order valence-corrected chi connectivity index (χ4v) is 3.83. The first-order valence-corrected chi connectivity index (χ1v) is 10.1. The Hall–Kier alpha value is -4.14. The number of rotatable bonds is 4. The summed E-state index contributed by atoms with van der Waals surface area (Å²) < 4.78 is 22.3. The maximum Gasteiger partial charge on any atom is 0.337 e. The Kier molecular flexibility index (Phi) is 5.63. The van der Waals surface area contributed by atoms with Crippen molar-refractivity contribution in [3.05, 3.63) is 74.9 Å². The number of hydrogen-bond donors (Lipinski definition) is 0. The number of aryl methyl sites for hydroxylation is 1. The Balaban J connectivity index is 1.81. The number of esters is 3. The van der Waals surface area contributed by atoms with Crippen LogP contribution in [0.1, 0.15) is 50.1 Å². The molecule has 9 nitrogen and oxygen atoms in total. The molecule has 0 N–H and O–H groups in total. The normalized spacial score (nSPS) is 14.9. The molecule has 33 heavy (non-hydrogen) atoms. The highest BCUT2D eigenvalue weighted by Crippen LogP contribution is 2.39. The van der Waals surface area contributed by atoms with Crippen LogP contribution < -0.4 is 10.3 Å². The Morgan fingerprint density at radius 3 is 2.24 bits per heavy atom. The Bertz CT molecular complexity index is 1310. The van der Waals surface area contributed by atoms with Gasteiger partial charge in [-0.3, -0.25) is 9.59 Å². The molecule has 0 aliphatic carbocycles. The van der Waals surface area contributed by atoms with Crippen molar-refractivity contribution in [2.24, 2.45) is 7.05 Å². The van der Waals surface area contributed by atoms with E-state index in [1.165, 1.54) is 37.0 Å². The van der Waals surface area contributed by atoms with Gasteiger partial charge in [-0.05, 0) is 37.3 Å². The maximum atomic E-state index is 12.9. The summed E-state index contributed by atoms with van der Waals surface area (Å²) >= 11 is 0. The smallest absolute Gasteiger partial charge is 0.337 e. The monoisotopic (exact) mass is 451 g/mol. The second-order valence-electron chi connectivity index (χ2n) is 7.64. The van der Waals surface area contributed by atoms with Crippen LogP contribution in [0.3, 0.4) is 0 Å². The van der Waals surface area contributed by atoms with Crippen LogP contribution in [0.5, 0.6) is 5.75 Å². The standard InChI is InChI=1S/C24H21NO8/c1-12-7-19-21(22(27)25(12)2)16(11-20(26)33-19)18-6-5-17(32-18)13-8-14(23(28)30-3)10-15(9-13)24(29)31-4/h5-10,16H,11H2,1-4H3/t16-/m0/s1. The Labute approximate surface area is 188 Å². The lowest BCUT2D eigenvalue weighted by Gasteiger charge is -2.23. The minimum Gasteiger partial charge on any atom is -0.465 e. The number of benzene rings is 1. The van der Waals surface area contributed by atoms with Crippen molar-refractivity contribution in [2.45, 2.75) is 19.3 Å². The van der Waals surface area contributed by atoms with Crippen LogP contribution in [0.15, 0.2) is 45.6 Å². The van der Waals surface area contributed by atoms with E-state index in [1.807, 2.05) is 0 Å². The van der Waals surface area contributed by atoms with Gasteiger partial charge in [0, 0.05) is 24.4 Å². The molecular formula is C24H21NO8. The number of methoxy groups -OCH3 is 2. The quantitative estimate of drug-likeness (QED) is 0.556. The Morgan fingerprint density at radius 2 is 1.64 bits per heavy atom. The molecule has 170 valence electrons. The molecule has 0 radical (unpaired) electrons. The number of fused-ring (bicyclic) bond motifs is 1. The number of ether oxygens (including phenoxy) is 3. The van der Waals surface area contributed by atoms with Crippen LogP contribution in [0.2, 0.25) is 0 Å². The van der Waals surface area contributed by atoms with E-state index in [-0.39, 0.29) is 28.9 Å². The van der Waals surface area contributed by atoms with Gasteiger partial charge in [0.1, 0.15) is 17.3 Å². The van der Waals surface area contributed by atoms with Gasteiger partial charge in [-0.2, -0.15) is 0 Å². The first kappa shape index (κ1) is 22.1. The molecule has 1 aliphatic rings. The molecule has 0 unspecified atom stereocenters. The molecule has 1 aromatic carbocycles. The number of carbonyl (C=O) groups excluding carboxylic acids is 3. The van der Waals surface area contributed by atoms with Crippen LogP contribution in [0, 0.1) is 6.92 Å². The van der Waals surface area contributed by atoms with Crippen molar-refractivity contribution in [1.82, 2.24) is 4.57 Å². The van der Waals surface area contributed by atoms with Crippen molar-refractivity contribution >= 4 is 17.9 Å². The summed E-state index contributed by atoms with van der Waals surface area (Å²) in [5, 5.41) is 0. The van der Waals surface area contributed by atoms with Crippen LogP contribution >= 0.6 is 0 Å². The van der Waals surface area contributed by atoms with Crippen molar-refractivity contribution in [2.75, 3.05) is 14.2 Å². The van der Waals surface area contributed by atoms with Crippen LogP contribution in [-0.2, 0) is 21.3 Å². The van der Waals surface area contributed by atoms with E-state index in [2.05, 4.69) is 0 Å². The van der Waals surface area contributed by atoms with Crippen LogP contribution in [-0.4, -0.2) is 36.7 Å². The average Bonchev–Trinajstić information content (AvgIpc) is 3.31. The third-order valence-electron chi connectivity index (χ3n) is 5.64. The highest BCUT2D eigenvalue weighted by Gasteiger charge is 2.34. The zero-order valence-corrected chi connectivity index (χ0v) is 18.5. The lowest BCUT2D eigenvalue weighted by molar-refractivity contribution is -0.135. The predicted octanol–water partition coefficient (Wildman–Crippen LogP) is 2.97. The van der Waals surface area contributed by atoms with E-state index in [1.54, 1.807) is 32.2 Å². The Morgan fingerprint density at radius 1 is 1.00 bits per heavy atom. The topological polar surface area (TPSA) is 114 Å². The molecule has 9 heteroatoms. The van der Waals surface area contributed by atoms with E-state index < -0.39 is 23.8 Å². The highest BCUT2D eigenvalue weighted by atomic mass is 16.5. The molecule has 0 fully saturated rings. The first-order valence-electron chi connectivity index (χ1n) is 10.1. The van der Waals surface area contributed by atoms with E-state index >= 15 is 0 Å². The second-order valence-corrected chi connectivity index (χ2v) is 7.64. The zero-order chi connectivity index (χ0) is 23.9. The summed E-state index contributed by atoms with van der Waals surface area (Å²) in [6.07, 6.45) is -0.0616.